The molecule has 9 heteroatoms. The number of rotatable bonds is 5. The highest BCUT2D eigenvalue weighted by molar-refractivity contribution is 7.89. The first-order chi connectivity index (χ1) is 13.7. The van der Waals surface area contributed by atoms with Crippen LogP contribution in [0.1, 0.15) is 29.6 Å². The number of benzene rings is 2. The van der Waals surface area contributed by atoms with E-state index >= 15 is 0 Å². The number of piperidine rings is 1. The van der Waals surface area contributed by atoms with E-state index in [-0.39, 0.29) is 5.56 Å². The lowest BCUT2D eigenvalue weighted by Crippen LogP contribution is -2.30. The summed E-state index contributed by atoms with van der Waals surface area (Å²) in [6.07, 6.45) is 3.14. The summed E-state index contributed by atoms with van der Waals surface area (Å²) in [5.74, 6) is -2.10. The quantitative estimate of drug-likeness (QED) is 0.800. The van der Waals surface area contributed by atoms with Gasteiger partial charge in [-0.3, -0.25) is 4.79 Å². The summed E-state index contributed by atoms with van der Waals surface area (Å²) in [5, 5.41) is 2.64. The average molecular weight is 423 g/mol. The third-order valence-corrected chi connectivity index (χ3v) is 6.69. The summed E-state index contributed by atoms with van der Waals surface area (Å²) in [7, 11) is -1.50. The van der Waals surface area contributed by atoms with Crippen molar-refractivity contribution in [1.82, 2.24) is 4.31 Å². The normalized spacial score (nSPS) is 14.9. The smallest absolute Gasteiger partial charge is 0.255 e. The van der Waals surface area contributed by atoms with E-state index < -0.39 is 32.5 Å². The van der Waals surface area contributed by atoms with Crippen molar-refractivity contribution >= 4 is 27.3 Å². The molecule has 0 aliphatic carbocycles. The molecule has 0 aromatic heterocycles. The second kappa shape index (κ2) is 8.46. The van der Waals surface area contributed by atoms with Gasteiger partial charge in [0.05, 0.1) is 11.4 Å². The molecule has 0 unspecified atom stereocenters. The molecule has 0 atom stereocenters. The molecule has 0 bridgehead atoms. The van der Waals surface area contributed by atoms with Crippen molar-refractivity contribution in [2.45, 2.75) is 24.2 Å². The number of hydrogen-bond acceptors (Lipinski definition) is 4. The molecule has 1 fully saturated rings. The molecule has 1 saturated heterocycles. The van der Waals surface area contributed by atoms with Gasteiger partial charge in [0.15, 0.2) is 0 Å². The second-order valence-electron chi connectivity index (χ2n) is 7.10. The molecule has 2 aromatic rings. The standard InChI is InChI=1S/C20H23F2N3O3S/c1-24(2)29(27,28)19-12-14(6-8-16(19)22)20(26)23-17-13-15(21)7-9-18(17)25-10-4-3-5-11-25/h6-9,12-13H,3-5,10-11H2,1-2H3,(H,23,26). The summed E-state index contributed by atoms with van der Waals surface area (Å²) in [6, 6.07) is 7.28. The molecule has 1 aliphatic rings. The highest BCUT2D eigenvalue weighted by atomic mass is 32.2. The van der Waals surface area contributed by atoms with Crippen LogP contribution in [-0.2, 0) is 10.0 Å². The number of carbonyl (C=O) groups excluding carboxylic acids is 1. The maximum atomic E-state index is 14.1. The van der Waals surface area contributed by atoms with Crippen molar-refractivity contribution in [1.29, 1.82) is 0 Å². The number of halogens is 2. The van der Waals surface area contributed by atoms with E-state index in [0.717, 1.165) is 48.8 Å². The Labute approximate surface area is 169 Å². The minimum atomic E-state index is -4.06. The van der Waals surface area contributed by atoms with Gasteiger partial charge in [0.25, 0.3) is 5.91 Å². The molecule has 2 aromatic carbocycles. The topological polar surface area (TPSA) is 69.7 Å². The zero-order chi connectivity index (χ0) is 21.2. The molecule has 1 aliphatic heterocycles. The number of nitrogens with one attached hydrogen (secondary N) is 1. The Morgan fingerprint density at radius 3 is 2.38 bits per heavy atom. The van der Waals surface area contributed by atoms with E-state index in [4.69, 9.17) is 0 Å². The summed E-state index contributed by atoms with van der Waals surface area (Å²) in [6.45, 7) is 1.60. The van der Waals surface area contributed by atoms with E-state index in [0.29, 0.717) is 11.4 Å². The van der Waals surface area contributed by atoms with Gasteiger partial charge in [-0.2, -0.15) is 0 Å². The van der Waals surface area contributed by atoms with Gasteiger partial charge in [0, 0.05) is 32.7 Å². The van der Waals surface area contributed by atoms with Gasteiger partial charge in [0.2, 0.25) is 10.0 Å². The molecule has 29 heavy (non-hydrogen) atoms. The summed E-state index contributed by atoms with van der Waals surface area (Å²) >= 11 is 0. The Kier molecular flexibility index (Phi) is 6.18. The number of sulfonamides is 1. The lowest BCUT2D eigenvalue weighted by molar-refractivity contribution is 0.102. The Morgan fingerprint density at radius 1 is 1.03 bits per heavy atom. The highest BCUT2D eigenvalue weighted by Crippen LogP contribution is 2.30. The minimum Gasteiger partial charge on any atom is -0.370 e. The van der Waals surface area contributed by atoms with Crippen LogP contribution < -0.4 is 10.2 Å². The number of carbonyl (C=O) groups is 1. The lowest BCUT2D eigenvalue weighted by atomic mass is 10.1. The van der Waals surface area contributed by atoms with Crippen LogP contribution in [-0.4, -0.2) is 45.8 Å². The Morgan fingerprint density at radius 2 is 1.72 bits per heavy atom. The molecule has 156 valence electrons. The largest absolute Gasteiger partial charge is 0.370 e. The Hall–Kier alpha value is -2.52. The van der Waals surface area contributed by atoms with Gasteiger partial charge in [-0.25, -0.2) is 21.5 Å². The van der Waals surface area contributed by atoms with Crippen molar-refractivity contribution in [3.8, 4) is 0 Å². The maximum Gasteiger partial charge on any atom is 0.255 e. The third kappa shape index (κ3) is 4.56. The number of hydrogen-bond donors (Lipinski definition) is 1. The molecule has 0 radical (unpaired) electrons. The van der Waals surface area contributed by atoms with Crippen molar-refractivity contribution in [2.75, 3.05) is 37.4 Å². The molecule has 3 rings (SSSR count). The number of anilines is 2. The molecular formula is C20H23F2N3O3S. The number of amides is 1. The van der Waals surface area contributed by atoms with E-state index in [1.165, 1.54) is 32.3 Å². The predicted molar refractivity (Wildman–Crippen MR) is 108 cm³/mol. The van der Waals surface area contributed by atoms with Gasteiger partial charge < -0.3 is 10.2 Å². The molecule has 1 N–H and O–H groups in total. The van der Waals surface area contributed by atoms with E-state index in [9.17, 15) is 22.0 Å². The van der Waals surface area contributed by atoms with Crippen LogP contribution in [0.2, 0.25) is 0 Å². The fourth-order valence-electron chi connectivity index (χ4n) is 3.25. The van der Waals surface area contributed by atoms with Crippen molar-refractivity contribution in [3.63, 3.8) is 0 Å². The summed E-state index contributed by atoms with van der Waals surface area (Å²) < 4.78 is 53.4. The molecule has 1 heterocycles. The fraction of sp³-hybridized carbons (Fsp3) is 0.350. The monoisotopic (exact) mass is 423 g/mol. The first-order valence-electron chi connectivity index (χ1n) is 9.28. The zero-order valence-electron chi connectivity index (χ0n) is 16.3. The third-order valence-electron chi connectivity index (χ3n) is 4.86. The Balaban J connectivity index is 1.92. The van der Waals surface area contributed by atoms with E-state index in [1.807, 2.05) is 0 Å². The maximum absolute atomic E-state index is 14.1. The van der Waals surface area contributed by atoms with Crippen LogP contribution in [0.25, 0.3) is 0 Å². The second-order valence-corrected chi connectivity index (χ2v) is 9.22. The van der Waals surface area contributed by atoms with Gasteiger partial charge in [-0.15, -0.1) is 0 Å². The van der Waals surface area contributed by atoms with Gasteiger partial charge in [0.1, 0.15) is 16.5 Å². The van der Waals surface area contributed by atoms with Crippen LogP contribution in [0.15, 0.2) is 41.3 Å². The van der Waals surface area contributed by atoms with Crippen LogP contribution in [0.4, 0.5) is 20.2 Å². The van der Waals surface area contributed by atoms with E-state index in [1.54, 1.807) is 6.07 Å². The Bertz CT molecular complexity index is 1020. The summed E-state index contributed by atoms with van der Waals surface area (Å²) in [4.78, 5) is 14.2. The van der Waals surface area contributed by atoms with Gasteiger partial charge >= 0.3 is 0 Å². The van der Waals surface area contributed by atoms with Gasteiger partial charge in [-0.05, 0) is 55.7 Å². The molecule has 1 amide bonds. The molecule has 6 nitrogen and oxygen atoms in total. The van der Waals surface area contributed by atoms with Crippen LogP contribution >= 0.6 is 0 Å². The van der Waals surface area contributed by atoms with E-state index in [2.05, 4.69) is 10.2 Å². The van der Waals surface area contributed by atoms with Gasteiger partial charge in [-0.1, -0.05) is 0 Å². The van der Waals surface area contributed by atoms with Crippen LogP contribution in [0, 0.1) is 11.6 Å². The zero-order valence-corrected chi connectivity index (χ0v) is 17.1. The highest BCUT2D eigenvalue weighted by Gasteiger charge is 2.24. The first kappa shape index (κ1) is 21.2. The number of nitrogens with zero attached hydrogens (tertiary/aromatic N) is 2. The lowest BCUT2D eigenvalue weighted by Gasteiger charge is -2.30. The van der Waals surface area contributed by atoms with Crippen molar-refractivity contribution < 1.29 is 22.0 Å². The van der Waals surface area contributed by atoms with Crippen molar-refractivity contribution in [3.05, 3.63) is 53.6 Å². The molecule has 0 saturated carbocycles. The molecule has 0 spiro atoms. The van der Waals surface area contributed by atoms with Crippen LogP contribution in [0.3, 0.4) is 0 Å². The first-order valence-corrected chi connectivity index (χ1v) is 10.7. The predicted octanol–water partition coefficient (Wildman–Crippen LogP) is 3.46. The van der Waals surface area contributed by atoms with Crippen molar-refractivity contribution in [2.24, 2.45) is 0 Å². The summed E-state index contributed by atoms with van der Waals surface area (Å²) in [5.41, 5.74) is 0.946. The fourth-order valence-corrected chi connectivity index (χ4v) is 4.24. The average Bonchev–Trinajstić information content (AvgIpc) is 2.68. The SMILES string of the molecule is CN(C)S(=O)(=O)c1cc(C(=O)Nc2cc(F)ccc2N2CCCCC2)ccc1F. The minimum absolute atomic E-state index is 0.0410. The van der Waals surface area contributed by atoms with Crippen LogP contribution in [0.5, 0.6) is 0 Å². The molecular weight excluding hydrogens is 400 g/mol.